The van der Waals surface area contributed by atoms with Crippen LogP contribution in [0.25, 0.3) is 10.9 Å². The number of hydrogen-bond acceptors (Lipinski definition) is 5. The zero-order valence-electron chi connectivity index (χ0n) is 10.9. The fourth-order valence-corrected chi connectivity index (χ4v) is 2.76. The van der Waals surface area contributed by atoms with E-state index in [9.17, 15) is 0 Å². The van der Waals surface area contributed by atoms with Gasteiger partial charge in [0.05, 0.1) is 12.6 Å². The first kappa shape index (κ1) is 12.7. The van der Waals surface area contributed by atoms with Gasteiger partial charge in [-0.15, -0.1) is 0 Å². The van der Waals surface area contributed by atoms with E-state index in [4.69, 9.17) is 10.5 Å². The van der Waals surface area contributed by atoms with Crippen LogP contribution in [0.15, 0.2) is 58.7 Å². The maximum atomic E-state index is 5.78. The fraction of sp³-hybridized carbons (Fsp3) is 0.0667. The Labute approximate surface area is 121 Å². The first-order valence-corrected chi connectivity index (χ1v) is 6.90. The molecule has 2 N–H and O–H groups in total. The third-order valence-corrected chi connectivity index (χ3v) is 3.92. The standard InChI is InChI=1S/C15H13N3OS/c1-19-11-3-5-12(6-4-11)20-15-13-7-2-10(16)8-14(13)17-9-18-15/h2-9H,16H2,1H3. The predicted molar refractivity (Wildman–Crippen MR) is 81.1 cm³/mol. The number of fused-ring (bicyclic) bond motifs is 1. The average Bonchev–Trinajstić information content (AvgIpc) is 2.48. The van der Waals surface area contributed by atoms with E-state index in [1.165, 1.54) is 0 Å². The predicted octanol–water partition coefficient (Wildman–Crippen LogP) is 3.37. The van der Waals surface area contributed by atoms with Crippen LogP contribution in [0.5, 0.6) is 5.75 Å². The SMILES string of the molecule is COc1ccc(Sc2ncnc3cc(N)ccc23)cc1. The Balaban J connectivity index is 1.97. The van der Waals surface area contributed by atoms with Crippen molar-refractivity contribution in [3.05, 3.63) is 48.8 Å². The molecule has 0 atom stereocenters. The lowest BCUT2D eigenvalue weighted by atomic mass is 10.2. The van der Waals surface area contributed by atoms with Crippen LogP contribution in [0, 0.1) is 0 Å². The zero-order chi connectivity index (χ0) is 13.9. The maximum absolute atomic E-state index is 5.78. The van der Waals surface area contributed by atoms with Crippen molar-refractivity contribution in [3.8, 4) is 5.75 Å². The van der Waals surface area contributed by atoms with Crippen molar-refractivity contribution in [3.63, 3.8) is 0 Å². The molecule has 2 aromatic carbocycles. The lowest BCUT2D eigenvalue weighted by Gasteiger charge is -2.06. The number of nitrogen functional groups attached to an aromatic ring is 1. The van der Waals surface area contributed by atoms with Crippen molar-refractivity contribution >= 4 is 28.4 Å². The number of methoxy groups -OCH3 is 1. The fourth-order valence-electron chi connectivity index (χ4n) is 1.89. The number of nitrogens with zero attached hydrogens (tertiary/aromatic N) is 2. The van der Waals surface area contributed by atoms with Crippen LogP contribution in [0.4, 0.5) is 5.69 Å². The summed E-state index contributed by atoms with van der Waals surface area (Å²) in [4.78, 5) is 9.70. The number of ether oxygens (including phenoxy) is 1. The highest BCUT2D eigenvalue weighted by Gasteiger charge is 2.06. The normalized spacial score (nSPS) is 10.7. The Hall–Kier alpha value is -2.27. The van der Waals surface area contributed by atoms with Gasteiger partial charge in [0.2, 0.25) is 0 Å². The molecule has 0 saturated carbocycles. The highest BCUT2D eigenvalue weighted by Crippen LogP contribution is 2.32. The van der Waals surface area contributed by atoms with Gasteiger partial charge < -0.3 is 10.5 Å². The molecule has 1 aromatic heterocycles. The molecule has 0 radical (unpaired) electrons. The summed E-state index contributed by atoms with van der Waals surface area (Å²) in [6.45, 7) is 0. The molecule has 0 unspecified atom stereocenters. The molecule has 3 aromatic rings. The van der Waals surface area contributed by atoms with E-state index < -0.39 is 0 Å². The minimum Gasteiger partial charge on any atom is -0.497 e. The van der Waals surface area contributed by atoms with Crippen LogP contribution in [-0.2, 0) is 0 Å². The number of anilines is 1. The highest BCUT2D eigenvalue weighted by atomic mass is 32.2. The van der Waals surface area contributed by atoms with Crippen molar-refractivity contribution in [2.75, 3.05) is 12.8 Å². The molecule has 0 spiro atoms. The topological polar surface area (TPSA) is 61.0 Å². The summed E-state index contributed by atoms with van der Waals surface area (Å²) in [5.74, 6) is 0.842. The monoisotopic (exact) mass is 283 g/mol. The van der Waals surface area contributed by atoms with E-state index in [0.717, 1.165) is 26.6 Å². The van der Waals surface area contributed by atoms with Gasteiger partial charge in [-0.05, 0) is 42.5 Å². The van der Waals surface area contributed by atoms with Crippen LogP contribution in [0.3, 0.4) is 0 Å². The van der Waals surface area contributed by atoms with Gasteiger partial charge in [0, 0.05) is 16.0 Å². The van der Waals surface area contributed by atoms with E-state index in [0.29, 0.717) is 5.69 Å². The Morgan fingerprint density at radius 3 is 2.60 bits per heavy atom. The minimum atomic E-state index is 0.705. The summed E-state index contributed by atoms with van der Waals surface area (Å²) in [5, 5.41) is 1.92. The van der Waals surface area contributed by atoms with Gasteiger partial charge in [-0.3, -0.25) is 0 Å². The van der Waals surface area contributed by atoms with E-state index in [1.54, 1.807) is 25.2 Å². The zero-order valence-corrected chi connectivity index (χ0v) is 11.7. The largest absolute Gasteiger partial charge is 0.497 e. The van der Waals surface area contributed by atoms with Gasteiger partial charge in [0.1, 0.15) is 17.1 Å². The van der Waals surface area contributed by atoms with Crippen molar-refractivity contribution in [1.29, 1.82) is 0 Å². The summed E-state index contributed by atoms with van der Waals surface area (Å²) in [6.07, 6.45) is 1.56. The quantitative estimate of drug-likeness (QED) is 0.590. The van der Waals surface area contributed by atoms with Gasteiger partial charge in [0.15, 0.2) is 0 Å². The molecule has 5 heteroatoms. The molecule has 0 aliphatic carbocycles. The first-order chi connectivity index (χ1) is 9.76. The third-order valence-electron chi connectivity index (χ3n) is 2.90. The molecule has 100 valence electrons. The van der Waals surface area contributed by atoms with E-state index in [2.05, 4.69) is 9.97 Å². The Morgan fingerprint density at radius 1 is 1.05 bits per heavy atom. The second-order valence-electron chi connectivity index (χ2n) is 4.23. The van der Waals surface area contributed by atoms with Gasteiger partial charge in [-0.2, -0.15) is 0 Å². The summed E-state index contributed by atoms with van der Waals surface area (Å²) < 4.78 is 5.15. The third kappa shape index (κ3) is 2.53. The lowest BCUT2D eigenvalue weighted by molar-refractivity contribution is 0.414. The molecular weight excluding hydrogens is 270 g/mol. The maximum Gasteiger partial charge on any atom is 0.118 e. The molecule has 1 heterocycles. The molecule has 20 heavy (non-hydrogen) atoms. The highest BCUT2D eigenvalue weighted by molar-refractivity contribution is 7.99. The summed E-state index contributed by atoms with van der Waals surface area (Å²) >= 11 is 1.59. The molecule has 4 nitrogen and oxygen atoms in total. The first-order valence-electron chi connectivity index (χ1n) is 6.08. The van der Waals surface area contributed by atoms with E-state index in [1.807, 2.05) is 42.5 Å². The van der Waals surface area contributed by atoms with Gasteiger partial charge in [-0.25, -0.2) is 9.97 Å². The number of nitrogens with two attached hydrogens (primary N) is 1. The summed E-state index contributed by atoms with van der Waals surface area (Å²) in [5.41, 5.74) is 7.34. The average molecular weight is 283 g/mol. The Bertz CT molecular complexity index is 744. The number of aromatic nitrogens is 2. The molecule has 0 aliphatic rings. The van der Waals surface area contributed by atoms with Crippen LogP contribution in [-0.4, -0.2) is 17.1 Å². The van der Waals surface area contributed by atoms with Gasteiger partial charge >= 0.3 is 0 Å². The van der Waals surface area contributed by atoms with Crippen molar-refractivity contribution in [2.45, 2.75) is 9.92 Å². The second-order valence-corrected chi connectivity index (χ2v) is 5.30. The van der Waals surface area contributed by atoms with Crippen LogP contribution in [0.2, 0.25) is 0 Å². The number of hydrogen-bond donors (Lipinski definition) is 1. The van der Waals surface area contributed by atoms with E-state index in [-0.39, 0.29) is 0 Å². The second kappa shape index (κ2) is 5.38. The molecule has 3 rings (SSSR count). The van der Waals surface area contributed by atoms with Crippen molar-refractivity contribution < 1.29 is 4.74 Å². The van der Waals surface area contributed by atoms with Gasteiger partial charge in [-0.1, -0.05) is 11.8 Å². The van der Waals surface area contributed by atoms with Gasteiger partial charge in [0.25, 0.3) is 0 Å². The van der Waals surface area contributed by atoms with Crippen LogP contribution in [0.1, 0.15) is 0 Å². The van der Waals surface area contributed by atoms with Crippen LogP contribution < -0.4 is 10.5 Å². The Morgan fingerprint density at radius 2 is 1.85 bits per heavy atom. The molecule has 0 aliphatic heterocycles. The molecule has 0 saturated heterocycles. The minimum absolute atomic E-state index is 0.705. The number of rotatable bonds is 3. The smallest absolute Gasteiger partial charge is 0.118 e. The van der Waals surface area contributed by atoms with Crippen molar-refractivity contribution in [1.82, 2.24) is 9.97 Å². The van der Waals surface area contributed by atoms with E-state index >= 15 is 0 Å². The molecule has 0 amide bonds. The van der Waals surface area contributed by atoms with Crippen LogP contribution >= 0.6 is 11.8 Å². The lowest BCUT2D eigenvalue weighted by Crippen LogP contribution is -1.90. The molecule has 0 bridgehead atoms. The van der Waals surface area contributed by atoms with Crippen molar-refractivity contribution in [2.24, 2.45) is 0 Å². The Kier molecular flexibility index (Phi) is 3.43. The summed E-state index contributed by atoms with van der Waals surface area (Å²) in [6, 6.07) is 13.6. The molecule has 0 fully saturated rings. The number of benzene rings is 2. The summed E-state index contributed by atoms with van der Waals surface area (Å²) in [7, 11) is 1.66. The molecular formula is C15H13N3OS.